The highest BCUT2D eigenvalue weighted by molar-refractivity contribution is 6.00. The molecule has 0 bridgehead atoms. The fraction of sp³-hybridized carbons (Fsp3) is 0.176. The number of hydrogen-bond donors (Lipinski definition) is 1. The van der Waals surface area contributed by atoms with Crippen molar-refractivity contribution < 1.29 is 19.2 Å². The van der Waals surface area contributed by atoms with E-state index in [0.29, 0.717) is 16.8 Å². The number of benzene rings is 2. The maximum absolute atomic E-state index is 12.4. The van der Waals surface area contributed by atoms with Crippen molar-refractivity contribution in [1.29, 1.82) is 0 Å². The fourth-order valence-electron chi connectivity index (χ4n) is 2.55. The number of nitrogens with one attached hydrogen (secondary N) is 1. The Kier molecular flexibility index (Phi) is 3.99. The average molecular weight is 326 g/mol. The van der Waals surface area contributed by atoms with E-state index in [-0.39, 0.29) is 12.1 Å². The van der Waals surface area contributed by atoms with Crippen LogP contribution in [0.2, 0.25) is 0 Å². The molecule has 2 aromatic carbocycles. The summed E-state index contributed by atoms with van der Waals surface area (Å²) in [5, 5.41) is 13.5. The van der Waals surface area contributed by atoms with E-state index >= 15 is 0 Å². The van der Waals surface area contributed by atoms with E-state index in [9.17, 15) is 19.7 Å². The first kappa shape index (κ1) is 15.7. The fourth-order valence-corrected chi connectivity index (χ4v) is 2.55. The number of esters is 1. The minimum absolute atomic E-state index is 0.123. The van der Waals surface area contributed by atoms with Crippen LogP contribution in [0.3, 0.4) is 0 Å². The minimum Gasteiger partial charge on any atom is -0.448 e. The van der Waals surface area contributed by atoms with Crippen LogP contribution in [0.15, 0.2) is 42.5 Å². The lowest BCUT2D eigenvalue weighted by atomic mass is 9.98. The molecule has 1 heterocycles. The number of fused-ring (bicyclic) bond motifs is 1. The summed E-state index contributed by atoms with van der Waals surface area (Å²) in [6, 6.07) is 11.1. The molecule has 1 aliphatic heterocycles. The van der Waals surface area contributed by atoms with Crippen molar-refractivity contribution in [1.82, 2.24) is 0 Å². The third-order valence-corrected chi connectivity index (χ3v) is 3.87. The third-order valence-electron chi connectivity index (χ3n) is 3.87. The maximum Gasteiger partial charge on any atom is 0.339 e. The van der Waals surface area contributed by atoms with E-state index < -0.39 is 22.9 Å². The highest BCUT2D eigenvalue weighted by atomic mass is 16.6. The molecular formula is C17H14N2O5. The number of ether oxygens (including phenoxy) is 1. The lowest BCUT2D eigenvalue weighted by molar-refractivity contribution is -0.384. The number of aryl methyl sites for hydroxylation is 1. The first-order valence-electron chi connectivity index (χ1n) is 7.30. The van der Waals surface area contributed by atoms with Crippen molar-refractivity contribution in [2.75, 3.05) is 5.32 Å². The Balaban J connectivity index is 1.80. The van der Waals surface area contributed by atoms with Gasteiger partial charge in [0.05, 0.1) is 16.2 Å². The smallest absolute Gasteiger partial charge is 0.339 e. The Hall–Kier alpha value is -3.22. The van der Waals surface area contributed by atoms with Gasteiger partial charge in [-0.3, -0.25) is 14.9 Å². The molecule has 1 unspecified atom stereocenters. The molecular weight excluding hydrogens is 312 g/mol. The zero-order valence-electron chi connectivity index (χ0n) is 12.8. The number of cyclic esters (lactones) is 1. The molecule has 0 spiro atoms. The number of amides is 1. The number of hydrogen-bond acceptors (Lipinski definition) is 5. The van der Waals surface area contributed by atoms with Gasteiger partial charge in [-0.05, 0) is 24.1 Å². The number of nitro benzene ring substituents is 1. The molecule has 0 fully saturated rings. The van der Waals surface area contributed by atoms with Crippen LogP contribution >= 0.6 is 0 Å². The predicted octanol–water partition coefficient (Wildman–Crippen LogP) is 2.62. The zero-order valence-corrected chi connectivity index (χ0v) is 12.8. The lowest BCUT2D eigenvalue weighted by Crippen LogP contribution is -2.38. The molecule has 122 valence electrons. The van der Waals surface area contributed by atoms with Crippen molar-refractivity contribution >= 4 is 23.3 Å². The van der Waals surface area contributed by atoms with E-state index in [1.165, 1.54) is 12.1 Å². The number of nitrogens with zero attached hydrogens (tertiary/aromatic N) is 1. The Morgan fingerprint density at radius 1 is 1.29 bits per heavy atom. The molecule has 1 N–H and O–H groups in total. The molecule has 3 rings (SSSR count). The molecule has 0 radical (unpaired) electrons. The molecule has 7 heteroatoms. The maximum atomic E-state index is 12.4. The summed E-state index contributed by atoms with van der Waals surface area (Å²) in [5.74, 6) is -1.06. The summed E-state index contributed by atoms with van der Waals surface area (Å²) < 4.78 is 5.18. The van der Waals surface area contributed by atoms with E-state index in [0.717, 1.165) is 5.56 Å². The topological polar surface area (TPSA) is 98.5 Å². The standard InChI is InChI=1S/C17H14N2O5/c1-10-6-7-12(19(22)23)9-14(10)18-16(20)15-8-11-4-2-3-5-13(11)17(21)24-15/h2-7,9,15H,8H2,1H3,(H,18,20). The van der Waals surface area contributed by atoms with E-state index in [2.05, 4.69) is 5.32 Å². The molecule has 1 atom stereocenters. The lowest BCUT2D eigenvalue weighted by Gasteiger charge is -2.24. The highest BCUT2D eigenvalue weighted by Crippen LogP contribution is 2.24. The third kappa shape index (κ3) is 2.96. The molecule has 2 aromatic rings. The molecule has 0 aliphatic carbocycles. The van der Waals surface area contributed by atoms with Gasteiger partial charge in [0.2, 0.25) is 0 Å². The zero-order chi connectivity index (χ0) is 17.3. The van der Waals surface area contributed by atoms with Crippen LogP contribution < -0.4 is 5.32 Å². The van der Waals surface area contributed by atoms with Crippen LogP contribution in [0.4, 0.5) is 11.4 Å². The van der Waals surface area contributed by atoms with Crippen LogP contribution in [0.25, 0.3) is 0 Å². The van der Waals surface area contributed by atoms with Gasteiger partial charge in [-0.1, -0.05) is 24.3 Å². The Morgan fingerprint density at radius 2 is 2.04 bits per heavy atom. The van der Waals surface area contributed by atoms with Gasteiger partial charge in [-0.15, -0.1) is 0 Å². The number of carbonyl (C=O) groups is 2. The molecule has 1 aliphatic rings. The van der Waals surface area contributed by atoms with Gasteiger partial charge in [-0.25, -0.2) is 4.79 Å². The summed E-state index contributed by atoms with van der Waals surface area (Å²) in [7, 11) is 0. The SMILES string of the molecule is Cc1ccc([N+](=O)[O-])cc1NC(=O)C1Cc2ccccc2C(=O)O1. The van der Waals surface area contributed by atoms with Gasteiger partial charge in [-0.2, -0.15) is 0 Å². The Morgan fingerprint density at radius 3 is 2.79 bits per heavy atom. The number of nitro groups is 1. The second kappa shape index (κ2) is 6.11. The summed E-state index contributed by atoms with van der Waals surface area (Å²) in [5.41, 5.74) is 2.07. The number of rotatable bonds is 3. The number of non-ortho nitro benzene ring substituents is 1. The predicted molar refractivity (Wildman–Crippen MR) is 85.8 cm³/mol. The van der Waals surface area contributed by atoms with Crippen LogP contribution in [0.5, 0.6) is 0 Å². The largest absolute Gasteiger partial charge is 0.448 e. The summed E-state index contributed by atoms with van der Waals surface area (Å²) in [4.78, 5) is 34.7. The van der Waals surface area contributed by atoms with E-state index in [1.54, 1.807) is 37.3 Å². The minimum atomic E-state index is -0.967. The second-order valence-electron chi connectivity index (χ2n) is 5.50. The van der Waals surface area contributed by atoms with E-state index in [1.807, 2.05) is 0 Å². The molecule has 0 aromatic heterocycles. The summed E-state index contributed by atoms with van der Waals surface area (Å²) in [6.07, 6.45) is -0.701. The summed E-state index contributed by atoms with van der Waals surface area (Å²) >= 11 is 0. The second-order valence-corrected chi connectivity index (χ2v) is 5.50. The van der Waals surface area contributed by atoms with Crippen LogP contribution in [0.1, 0.15) is 21.5 Å². The van der Waals surface area contributed by atoms with Gasteiger partial charge in [0.15, 0.2) is 6.10 Å². The van der Waals surface area contributed by atoms with Crippen LogP contribution in [0, 0.1) is 17.0 Å². The quantitative estimate of drug-likeness (QED) is 0.531. The Labute approximate surface area is 137 Å². The van der Waals surface area contributed by atoms with Crippen molar-refractivity contribution in [3.8, 4) is 0 Å². The van der Waals surface area contributed by atoms with Crippen molar-refractivity contribution in [2.45, 2.75) is 19.4 Å². The van der Waals surface area contributed by atoms with Crippen LogP contribution in [-0.4, -0.2) is 22.9 Å². The molecule has 24 heavy (non-hydrogen) atoms. The first-order valence-corrected chi connectivity index (χ1v) is 7.30. The normalized spacial score (nSPS) is 16.0. The monoisotopic (exact) mass is 326 g/mol. The van der Waals surface area contributed by atoms with Crippen molar-refractivity contribution in [3.63, 3.8) is 0 Å². The van der Waals surface area contributed by atoms with E-state index in [4.69, 9.17) is 4.74 Å². The number of anilines is 1. The first-order chi connectivity index (χ1) is 11.5. The van der Waals surface area contributed by atoms with Gasteiger partial charge in [0.25, 0.3) is 11.6 Å². The van der Waals surface area contributed by atoms with Crippen molar-refractivity contribution in [2.24, 2.45) is 0 Å². The van der Waals surface area contributed by atoms with Gasteiger partial charge >= 0.3 is 5.97 Å². The molecule has 0 saturated heterocycles. The van der Waals surface area contributed by atoms with Gasteiger partial charge in [0, 0.05) is 18.6 Å². The average Bonchev–Trinajstić information content (AvgIpc) is 2.56. The molecule has 1 amide bonds. The van der Waals surface area contributed by atoms with Crippen LogP contribution in [-0.2, 0) is 16.0 Å². The molecule has 7 nitrogen and oxygen atoms in total. The van der Waals surface area contributed by atoms with Gasteiger partial charge < -0.3 is 10.1 Å². The van der Waals surface area contributed by atoms with Gasteiger partial charge in [0.1, 0.15) is 0 Å². The number of carbonyl (C=O) groups excluding carboxylic acids is 2. The Bertz CT molecular complexity index is 847. The summed E-state index contributed by atoms with van der Waals surface area (Å²) in [6.45, 7) is 1.72. The molecule has 0 saturated carbocycles. The highest BCUT2D eigenvalue weighted by Gasteiger charge is 2.31. The van der Waals surface area contributed by atoms with Crippen molar-refractivity contribution in [3.05, 3.63) is 69.3 Å².